The lowest BCUT2D eigenvalue weighted by atomic mass is 9.93. The average molecular weight is 435 g/mol. The molecule has 10 nitrogen and oxygen atoms in total. The maximum atomic E-state index is 13.0. The lowest BCUT2D eigenvalue weighted by Gasteiger charge is -2.30. The first-order chi connectivity index (χ1) is 14.4. The van der Waals surface area contributed by atoms with E-state index in [1.165, 1.54) is 4.31 Å². The molecule has 1 aliphatic heterocycles. The van der Waals surface area contributed by atoms with Gasteiger partial charge in [0.2, 0.25) is 10.0 Å². The highest BCUT2D eigenvalue weighted by atomic mass is 32.2. The van der Waals surface area contributed by atoms with Gasteiger partial charge >= 0.3 is 0 Å². The Bertz CT molecular complexity index is 1170. The van der Waals surface area contributed by atoms with E-state index in [-0.39, 0.29) is 17.6 Å². The van der Waals surface area contributed by atoms with Crippen LogP contribution in [0.25, 0.3) is 16.8 Å². The molecule has 11 heteroatoms. The maximum Gasteiger partial charge on any atom is 0.217 e. The molecule has 3 aromatic rings. The largest absolute Gasteiger partial charge is 0.389 e. The average Bonchev–Trinajstić information content (AvgIpc) is 3.43. The summed E-state index contributed by atoms with van der Waals surface area (Å²) >= 11 is 0. The van der Waals surface area contributed by atoms with E-state index < -0.39 is 15.6 Å². The second kappa shape index (κ2) is 7.26. The molecule has 0 radical (unpaired) electrons. The molecule has 0 unspecified atom stereocenters. The van der Waals surface area contributed by atoms with Gasteiger partial charge in [0.1, 0.15) is 5.82 Å². The van der Waals surface area contributed by atoms with Gasteiger partial charge in [-0.1, -0.05) is 13.3 Å². The van der Waals surface area contributed by atoms with Crippen LogP contribution in [-0.2, 0) is 14.8 Å². The number of sulfonamides is 1. The Balaban J connectivity index is 1.47. The predicted octanol–water partition coefficient (Wildman–Crippen LogP) is 0.902. The first-order valence-corrected chi connectivity index (χ1v) is 12.0. The van der Waals surface area contributed by atoms with E-state index in [4.69, 9.17) is 4.74 Å². The lowest BCUT2D eigenvalue weighted by molar-refractivity contribution is 0.0570. The molecule has 162 valence electrons. The summed E-state index contributed by atoms with van der Waals surface area (Å²) in [6.07, 6.45) is 5.07. The van der Waals surface area contributed by atoms with Crippen molar-refractivity contribution in [2.24, 2.45) is 5.92 Å². The van der Waals surface area contributed by atoms with E-state index in [0.717, 1.165) is 23.4 Å². The lowest BCUT2D eigenvalue weighted by Crippen LogP contribution is -2.47. The number of morpholine rings is 1. The van der Waals surface area contributed by atoms with Gasteiger partial charge in [0.15, 0.2) is 11.3 Å². The van der Waals surface area contributed by atoms with E-state index >= 15 is 0 Å². The number of H-pyrrole nitrogens is 1. The van der Waals surface area contributed by atoms with Crippen LogP contribution in [-0.4, -0.2) is 80.1 Å². The van der Waals surface area contributed by atoms with Gasteiger partial charge in [-0.15, -0.1) is 10.2 Å². The van der Waals surface area contributed by atoms with E-state index in [9.17, 15) is 13.5 Å². The fraction of sp³-hybridized carbons (Fsp3) is 0.632. The number of nitrogens with zero attached hydrogens (tertiary/aromatic N) is 5. The number of hydrogen-bond donors (Lipinski definition) is 2. The van der Waals surface area contributed by atoms with E-state index in [0.29, 0.717) is 44.8 Å². The Kier molecular flexibility index (Phi) is 4.80. The minimum Gasteiger partial charge on any atom is -0.389 e. The van der Waals surface area contributed by atoms with Crippen LogP contribution in [0.2, 0.25) is 0 Å². The summed E-state index contributed by atoms with van der Waals surface area (Å²) in [5.74, 6) is 0.508. The number of aliphatic hydroxyl groups is 1. The van der Waals surface area contributed by atoms with Crippen LogP contribution in [0.15, 0.2) is 18.5 Å². The molecule has 1 saturated carbocycles. The van der Waals surface area contributed by atoms with Gasteiger partial charge in [-0.05, 0) is 24.8 Å². The number of rotatable bonds is 5. The number of fused-ring (bicyclic) bond motifs is 3. The van der Waals surface area contributed by atoms with Gasteiger partial charge < -0.3 is 14.8 Å². The Morgan fingerprint density at radius 2 is 2.10 bits per heavy atom. The second-order valence-electron chi connectivity index (χ2n) is 8.40. The van der Waals surface area contributed by atoms with Gasteiger partial charge in [0.05, 0.1) is 36.3 Å². The molecule has 1 aliphatic carbocycles. The minimum absolute atomic E-state index is 0.0876. The number of hydrogen-bond acceptors (Lipinski definition) is 7. The van der Waals surface area contributed by atoms with Crippen LogP contribution in [0.4, 0.5) is 0 Å². The summed E-state index contributed by atoms with van der Waals surface area (Å²) in [5.41, 5.74) is 0.959. The predicted molar refractivity (Wildman–Crippen MR) is 110 cm³/mol. The number of nitrogens with one attached hydrogen (secondary N) is 1. The van der Waals surface area contributed by atoms with Gasteiger partial charge in [-0.25, -0.2) is 13.4 Å². The van der Waals surface area contributed by atoms with Crippen molar-refractivity contribution in [3.05, 3.63) is 24.3 Å². The molecular weight excluding hydrogens is 408 g/mol. The van der Waals surface area contributed by atoms with Gasteiger partial charge in [-0.3, -0.25) is 4.40 Å². The van der Waals surface area contributed by atoms with E-state index in [1.807, 2.05) is 16.7 Å². The van der Waals surface area contributed by atoms with Crippen molar-refractivity contribution in [2.45, 2.75) is 37.7 Å². The summed E-state index contributed by atoms with van der Waals surface area (Å²) in [4.78, 5) is 7.45. The summed E-state index contributed by atoms with van der Waals surface area (Å²) in [6.45, 7) is 3.53. The number of ether oxygens (including phenoxy) is 1. The van der Waals surface area contributed by atoms with Crippen LogP contribution >= 0.6 is 0 Å². The highest BCUT2D eigenvalue weighted by Crippen LogP contribution is 2.47. The molecule has 0 amide bonds. The van der Waals surface area contributed by atoms with Gasteiger partial charge in [-0.2, -0.15) is 4.31 Å². The summed E-state index contributed by atoms with van der Waals surface area (Å²) in [7, 11) is -3.57. The zero-order valence-corrected chi connectivity index (χ0v) is 17.7. The zero-order valence-electron chi connectivity index (χ0n) is 16.9. The van der Waals surface area contributed by atoms with Crippen molar-refractivity contribution in [1.29, 1.82) is 0 Å². The molecule has 0 aromatic carbocycles. The smallest absolute Gasteiger partial charge is 0.217 e. The van der Waals surface area contributed by atoms with Crippen molar-refractivity contribution in [2.75, 3.05) is 32.1 Å². The Morgan fingerprint density at radius 1 is 1.30 bits per heavy atom. The van der Waals surface area contributed by atoms with Gasteiger partial charge in [0, 0.05) is 25.2 Å². The molecule has 2 fully saturated rings. The fourth-order valence-electron chi connectivity index (χ4n) is 5.03. The third-order valence-electron chi connectivity index (χ3n) is 6.45. The molecule has 4 heterocycles. The third-order valence-corrected chi connectivity index (χ3v) is 8.50. The highest BCUT2D eigenvalue weighted by Gasteiger charge is 2.48. The summed E-state index contributed by atoms with van der Waals surface area (Å²) in [5, 5.41) is 20.1. The normalized spacial score (nSPS) is 28.6. The minimum atomic E-state index is -3.57. The number of aromatic amines is 1. The Morgan fingerprint density at radius 3 is 2.87 bits per heavy atom. The Hall–Kier alpha value is -2.08. The summed E-state index contributed by atoms with van der Waals surface area (Å²) in [6, 6.07) is 1.92. The van der Waals surface area contributed by atoms with Crippen LogP contribution in [0.5, 0.6) is 0 Å². The van der Waals surface area contributed by atoms with Crippen LogP contribution in [0.1, 0.15) is 37.9 Å². The molecule has 2 aliphatic rings. The van der Waals surface area contributed by atoms with E-state index in [1.54, 1.807) is 6.20 Å². The maximum absolute atomic E-state index is 13.0. The highest BCUT2D eigenvalue weighted by molar-refractivity contribution is 7.89. The van der Waals surface area contributed by atoms with Crippen molar-refractivity contribution in [3.8, 4) is 0 Å². The molecule has 0 bridgehead atoms. The molecule has 2 N–H and O–H groups in total. The summed E-state index contributed by atoms with van der Waals surface area (Å²) < 4.78 is 34.6. The monoisotopic (exact) mass is 434 g/mol. The topological polar surface area (TPSA) is 126 Å². The standard InChI is InChI=1S/C19H26N6O4S/c1-2-13-9-19(26,12-30(27,28)24-5-7-29-8-6-24)10-14(13)18-23-22-16-11-21-17-15(25(16)18)3-4-20-17/h3-4,11,13-14,20,26H,2,5-10,12H2,1H3/t13-,14-,19-/m1/s1. The number of aromatic nitrogens is 5. The molecule has 3 aromatic heterocycles. The fourth-order valence-corrected chi connectivity index (χ4v) is 6.83. The molecule has 1 saturated heterocycles. The van der Waals surface area contributed by atoms with Crippen molar-refractivity contribution < 1.29 is 18.3 Å². The van der Waals surface area contributed by atoms with Crippen molar-refractivity contribution >= 4 is 26.8 Å². The van der Waals surface area contributed by atoms with E-state index in [2.05, 4.69) is 27.1 Å². The molecule has 5 rings (SSSR count). The Labute approximate surface area is 174 Å². The molecular formula is C19H26N6O4S. The van der Waals surface area contributed by atoms with Crippen LogP contribution < -0.4 is 0 Å². The third kappa shape index (κ3) is 3.29. The SMILES string of the molecule is CC[C@@H]1C[C@](O)(CS(=O)(=O)N2CCOCC2)C[C@H]1c1nnc2cnc3[nH]ccc3n12. The van der Waals surface area contributed by atoms with Gasteiger partial charge in [0.25, 0.3) is 0 Å². The zero-order chi connectivity index (χ0) is 20.9. The molecule has 3 atom stereocenters. The van der Waals surface area contributed by atoms with Crippen LogP contribution in [0.3, 0.4) is 0 Å². The molecule has 30 heavy (non-hydrogen) atoms. The van der Waals surface area contributed by atoms with Crippen LogP contribution in [0, 0.1) is 5.92 Å². The quantitative estimate of drug-likeness (QED) is 0.611. The van der Waals surface area contributed by atoms with Crippen molar-refractivity contribution in [3.63, 3.8) is 0 Å². The van der Waals surface area contributed by atoms with Crippen molar-refractivity contribution in [1.82, 2.24) is 28.9 Å². The second-order valence-corrected chi connectivity index (χ2v) is 10.4. The first kappa shape index (κ1) is 19.9. The first-order valence-electron chi connectivity index (χ1n) is 10.4. The molecule has 0 spiro atoms.